The number of anilines is 1. The van der Waals surface area contributed by atoms with Crippen LogP contribution in [0.1, 0.15) is 13.8 Å². The second kappa shape index (κ2) is 5.66. The molecule has 1 aliphatic heterocycles. The molecule has 6 nitrogen and oxygen atoms in total. The minimum Gasteiger partial charge on any atom is -0.366 e. The number of carbonyl (C=O) groups is 1. The zero-order chi connectivity index (χ0) is 14.9. The maximum absolute atomic E-state index is 11.4. The van der Waals surface area contributed by atoms with E-state index in [1.807, 2.05) is 11.8 Å². The average Bonchev–Trinajstić information content (AvgIpc) is 2.37. The van der Waals surface area contributed by atoms with Crippen LogP contribution in [0.4, 0.5) is 11.4 Å². The topological polar surface area (TPSA) is 66.7 Å². The Morgan fingerprint density at radius 3 is 2.65 bits per heavy atom. The smallest absolute Gasteiger partial charge is 0.271 e. The maximum atomic E-state index is 11.4. The van der Waals surface area contributed by atoms with Crippen molar-refractivity contribution in [2.45, 2.75) is 19.9 Å². The molecule has 0 unspecified atom stereocenters. The molecule has 1 aromatic carbocycles. The predicted octanol–water partition coefficient (Wildman–Crippen LogP) is 2.31. The fraction of sp³-hybridized carbons (Fsp3) is 0.462. The zero-order valence-corrected chi connectivity index (χ0v) is 12.1. The fourth-order valence-electron chi connectivity index (χ4n) is 2.51. The lowest BCUT2D eigenvalue weighted by molar-refractivity contribution is -0.384. The maximum Gasteiger partial charge on any atom is 0.271 e. The van der Waals surface area contributed by atoms with Crippen molar-refractivity contribution in [3.05, 3.63) is 33.3 Å². The van der Waals surface area contributed by atoms with Crippen molar-refractivity contribution in [1.82, 2.24) is 4.90 Å². The molecule has 1 saturated heterocycles. The lowest BCUT2D eigenvalue weighted by atomic mass is 10.1. The van der Waals surface area contributed by atoms with E-state index in [0.717, 1.165) is 5.69 Å². The van der Waals surface area contributed by atoms with Gasteiger partial charge >= 0.3 is 0 Å². The quantitative estimate of drug-likeness (QED) is 0.620. The van der Waals surface area contributed by atoms with E-state index >= 15 is 0 Å². The predicted molar refractivity (Wildman–Crippen MR) is 77.2 cm³/mol. The Labute approximate surface area is 122 Å². The zero-order valence-electron chi connectivity index (χ0n) is 11.4. The molecule has 2 rings (SSSR count). The van der Waals surface area contributed by atoms with Gasteiger partial charge in [-0.15, -0.1) is 0 Å². The number of non-ortho nitro benzene ring substituents is 1. The lowest BCUT2D eigenvalue weighted by Crippen LogP contribution is -2.53. The summed E-state index contributed by atoms with van der Waals surface area (Å²) in [5.74, 6) is 0.0620. The SMILES string of the molecule is CC(=O)N1CCN(c2ccc([N+](=O)[O-])cc2Cl)C[C@@H]1C. The summed E-state index contributed by atoms with van der Waals surface area (Å²) in [7, 11) is 0. The highest BCUT2D eigenvalue weighted by molar-refractivity contribution is 6.33. The van der Waals surface area contributed by atoms with Gasteiger partial charge in [-0.2, -0.15) is 0 Å². The van der Waals surface area contributed by atoms with E-state index < -0.39 is 4.92 Å². The Balaban J connectivity index is 2.18. The number of halogens is 1. The summed E-state index contributed by atoms with van der Waals surface area (Å²) in [6.45, 7) is 5.50. The molecule has 7 heteroatoms. The summed E-state index contributed by atoms with van der Waals surface area (Å²) in [6.07, 6.45) is 0. The first-order valence-electron chi connectivity index (χ1n) is 6.36. The molecule has 0 aliphatic carbocycles. The Morgan fingerprint density at radius 2 is 2.15 bits per heavy atom. The molecule has 0 spiro atoms. The standard InChI is InChI=1S/C13H16ClN3O3/c1-9-8-15(5-6-16(9)10(2)18)13-4-3-11(17(19)20)7-12(13)14/h3-4,7,9H,5-6,8H2,1-2H3/t9-/m0/s1. The van der Waals surface area contributed by atoms with Crippen molar-refractivity contribution in [3.8, 4) is 0 Å². The summed E-state index contributed by atoms with van der Waals surface area (Å²) in [5.41, 5.74) is 0.751. The van der Waals surface area contributed by atoms with Gasteiger partial charge in [0.1, 0.15) is 0 Å². The molecule has 0 saturated carbocycles. The van der Waals surface area contributed by atoms with Crippen molar-refractivity contribution in [2.24, 2.45) is 0 Å². The first kappa shape index (κ1) is 14.6. The number of piperazine rings is 1. The van der Waals surface area contributed by atoms with Crippen LogP contribution in [0.15, 0.2) is 18.2 Å². The Kier molecular flexibility index (Phi) is 4.13. The molecule has 0 bridgehead atoms. The molecule has 0 N–H and O–H groups in total. The summed E-state index contributed by atoms with van der Waals surface area (Å²) < 4.78 is 0. The van der Waals surface area contributed by atoms with Gasteiger partial charge in [0.05, 0.1) is 15.6 Å². The molecule has 1 fully saturated rings. The monoisotopic (exact) mass is 297 g/mol. The Bertz CT molecular complexity index is 550. The molecule has 20 heavy (non-hydrogen) atoms. The minimum absolute atomic E-state index is 0.0193. The summed E-state index contributed by atoms with van der Waals surface area (Å²) >= 11 is 6.13. The normalized spacial score (nSPS) is 19.1. The van der Waals surface area contributed by atoms with Crippen LogP contribution in [0.2, 0.25) is 5.02 Å². The summed E-state index contributed by atoms with van der Waals surface area (Å²) in [6, 6.07) is 4.56. The van der Waals surface area contributed by atoms with Crippen LogP contribution < -0.4 is 4.90 Å². The lowest BCUT2D eigenvalue weighted by Gasteiger charge is -2.40. The number of hydrogen-bond donors (Lipinski definition) is 0. The van der Waals surface area contributed by atoms with E-state index in [4.69, 9.17) is 11.6 Å². The molecule has 0 radical (unpaired) electrons. The van der Waals surface area contributed by atoms with Crippen molar-refractivity contribution < 1.29 is 9.72 Å². The van der Waals surface area contributed by atoms with E-state index in [2.05, 4.69) is 4.90 Å². The number of rotatable bonds is 2. The van der Waals surface area contributed by atoms with Crippen LogP contribution >= 0.6 is 11.6 Å². The van der Waals surface area contributed by atoms with Crippen molar-refractivity contribution in [1.29, 1.82) is 0 Å². The molecular weight excluding hydrogens is 282 g/mol. The van der Waals surface area contributed by atoms with E-state index in [9.17, 15) is 14.9 Å². The number of nitro groups is 1. The Hall–Kier alpha value is -1.82. The molecule has 1 aromatic rings. The highest BCUT2D eigenvalue weighted by Crippen LogP contribution is 2.31. The van der Waals surface area contributed by atoms with Crippen LogP contribution in [-0.4, -0.2) is 41.4 Å². The molecule has 1 atom stereocenters. The highest BCUT2D eigenvalue weighted by atomic mass is 35.5. The number of amides is 1. The van der Waals surface area contributed by atoms with Crippen molar-refractivity contribution in [3.63, 3.8) is 0 Å². The van der Waals surface area contributed by atoms with E-state index in [-0.39, 0.29) is 17.6 Å². The number of benzene rings is 1. The van der Waals surface area contributed by atoms with Crippen LogP contribution in [0.5, 0.6) is 0 Å². The second-order valence-corrected chi connectivity index (χ2v) is 5.31. The number of nitrogens with zero attached hydrogens (tertiary/aromatic N) is 3. The summed E-state index contributed by atoms with van der Waals surface area (Å²) in [5, 5.41) is 11.1. The van der Waals surface area contributed by atoms with E-state index in [1.54, 1.807) is 13.0 Å². The van der Waals surface area contributed by atoms with Gasteiger partial charge in [-0.3, -0.25) is 14.9 Å². The van der Waals surface area contributed by atoms with Crippen molar-refractivity contribution >= 4 is 28.9 Å². The van der Waals surface area contributed by atoms with Crippen LogP contribution in [-0.2, 0) is 4.79 Å². The third kappa shape index (κ3) is 2.85. The third-order valence-electron chi connectivity index (χ3n) is 3.51. The first-order valence-corrected chi connectivity index (χ1v) is 6.74. The molecule has 0 aromatic heterocycles. The second-order valence-electron chi connectivity index (χ2n) is 4.90. The van der Waals surface area contributed by atoms with Gasteiger partial charge in [0, 0.05) is 44.7 Å². The van der Waals surface area contributed by atoms with Gasteiger partial charge in [-0.25, -0.2) is 0 Å². The third-order valence-corrected chi connectivity index (χ3v) is 3.82. The molecular formula is C13H16ClN3O3. The Morgan fingerprint density at radius 1 is 1.45 bits per heavy atom. The minimum atomic E-state index is -0.466. The molecule has 1 aliphatic rings. The van der Waals surface area contributed by atoms with Gasteiger partial charge in [-0.05, 0) is 13.0 Å². The van der Waals surface area contributed by atoms with Gasteiger partial charge in [0.25, 0.3) is 5.69 Å². The average molecular weight is 298 g/mol. The number of nitro benzene ring substituents is 1. The van der Waals surface area contributed by atoms with Gasteiger partial charge in [0.15, 0.2) is 0 Å². The van der Waals surface area contributed by atoms with Gasteiger partial charge < -0.3 is 9.80 Å². The number of hydrogen-bond acceptors (Lipinski definition) is 4. The van der Waals surface area contributed by atoms with Crippen LogP contribution in [0.3, 0.4) is 0 Å². The molecule has 1 heterocycles. The van der Waals surface area contributed by atoms with E-state index in [1.165, 1.54) is 12.1 Å². The number of carbonyl (C=O) groups excluding carboxylic acids is 1. The first-order chi connectivity index (χ1) is 9.40. The van der Waals surface area contributed by atoms with E-state index in [0.29, 0.717) is 24.7 Å². The van der Waals surface area contributed by atoms with Crippen LogP contribution in [0, 0.1) is 10.1 Å². The van der Waals surface area contributed by atoms with Crippen LogP contribution in [0.25, 0.3) is 0 Å². The summed E-state index contributed by atoms with van der Waals surface area (Å²) in [4.78, 5) is 25.5. The molecule has 108 valence electrons. The largest absolute Gasteiger partial charge is 0.366 e. The fourth-order valence-corrected chi connectivity index (χ4v) is 2.80. The van der Waals surface area contributed by atoms with Gasteiger partial charge in [0.2, 0.25) is 5.91 Å². The highest BCUT2D eigenvalue weighted by Gasteiger charge is 2.26. The van der Waals surface area contributed by atoms with Gasteiger partial charge in [-0.1, -0.05) is 11.6 Å². The van der Waals surface area contributed by atoms with Crippen molar-refractivity contribution in [2.75, 3.05) is 24.5 Å². The molecule has 1 amide bonds.